The van der Waals surface area contributed by atoms with Crippen LogP contribution in [-0.4, -0.2) is 18.4 Å². The zero-order valence-electron chi connectivity index (χ0n) is 11.2. The van der Waals surface area contributed by atoms with E-state index in [0.717, 1.165) is 5.56 Å². The van der Waals surface area contributed by atoms with Crippen LogP contribution >= 0.6 is 12.2 Å². The molecular formula is C14H15N3O2S2. The van der Waals surface area contributed by atoms with Crippen LogP contribution in [-0.2, 0) is 22.3 Å². The Morgan fingerprint density at radius 2 is 1.90 bits per heavy atom. The molecule has 0 atom stereocenters. The summed E-state index contributed by atoms with van der Waals surface area (Å²) in [7, 11) is -3.43. The summed E-state index contributed by atoms with van der Waals surface area (Å²) in [4.78, 5) is 4.13. The molecule has 21 heavy (non-hydrogen) atoms. The average Bonchev–Trinajstić information content (AvgIpc) is 2.46. The van der Waals surface area contributed by atoms with Gasteiger partial charge in [-0.1, -0.05) is 30.4 Å². The van der Waals surface area contributed by atoms with Crippen LogP contribution in [0.1, 0.15) is 16.7 Å². The lowest BCUT2D eigenvalue weighted by Crippen LogP contribution is -2.24. The minimum Gasteiger partial charge on any atom is -0.389 e. The topological polar surface area (TPSA) is 85.1 Å². The molecule has 7 heteroatoms. The summed E-state index contributed by atoms with van der Waals surface area (Å²) < 4.78 is 26.7. The number of nitrogens with two attached hydrogens (primary N) is 1. The molecule has 0 aliphatic carbocycles. The van der Waals surface area contributed by atoms with Gasteiger partial charge in [0.15, 0.2) is 0 Å². The van der Waals surface area contributed by atoms with Gasteiger partial charge in [0.1, 0.15) is 4.99 Å². The van der Waals surface area contributed by atoms with Gasteiger partial charge in [0, 0.05) is 24.5 Å². The zero-order valence-corrected chi connectivity index (χ0v) is 12.8. The van der Waals surface area contributed by atoms with Crippen LogP contribution in [0.2, 0.25) is 0 Å². The van der Waals surface area contributed by atoms with E-state index in [1.165, 1.54) is 0 Å². The average molecular weight is 321 g/mol. The molecule has 3 N–H and O–H groups in total. The van der Waals surface area contributed by atoms with E-state index in [1.54, 1.807) is 48.8 Å². The fourth-order valence-corrected chi connectivity index (χ4v) is 3.01. The number of thiocarbonyl (C=S) groups is 1. The molecule has 110 valence electrons. The van der Waals surface area contributed by atoms with E-state index in [9.17, 15) is 8.42 Å². The van der Waals surface area contributed by atoms with E-state index in [4.69, 9.17) is 18.0 Å². The summed E-state index contributed by atoms with van der Waals surface area (Å²) in [5, 5.41) is 0. The first kappa shape index (κ1) is 15.6. The van der Waals surface area contributed by atoms with Crippen LogP contribution in [0, 0.1) is 0 Å². The van der Waals surface area contributed by atoms with Crippen molar-refractivity contribution in [1.29, 1.82) is 0 Å². The van der Waals surface area contributed by atoms with E-state index in [0.29, 0.717) is 11.1 Å². The van der Waals surface area contributed by atoms with Gasteiger partial charge in [0.25, 0.3) is 0 Å². The summed E-state index contributed by atoms with van der Waals surface area (Å²) >= 11 is 4.88. The van der Waals surface area contributed by atoms with Crippen LogP contribution in [0.5, 0.6) is 0 Å². The minimum atomic E-state index is -3.43. The first-order valence-electron chi connectivity index (χ1n) is 6.21. The van der Waals surface area contributed by atoms with Crippen molar-refractivity contribution >= 4 is 27.2 Å². The van der Waals surface area contributed by atoms with Crippen LogP contribution < -0.4 is 10.5 Å². The predicted octanol–water partition coefficient (Wildman–Crippen LogP) is 1.34. The van der Waals surface area contributed by atoms with E-state index >= 15 is 0 Å². The second-order valence-corrected chi connectivity index (χ2v) is 6.75. The maximum atomic E-state index is 12.1. The lowest BCUT2D eigenvalue weighted by atomic mass is 10.1. The number of rotatable bonds is 6. The van der Waals surface area contributed by atoms with Crippen molar-refractivity contribution in [2.75, 3.05) is 0 Å². The van der Waals surface area contributed by atoms with Crippen molar-refractivity contribution in [1.82, 2.24) is 9.71 Å². The number of nitrogens with zero attached hydrogens (tertiary/aromatic N) is 1. The van der Waals surface area contributed by atoms with Crippen molar-refractivity contribution in [2.45, 2.75) is 12.3 Å². The first-order valence-corrected chi connectivity index (χ1v) is 8.27. The quantitative estimate of drug-likeness (QED) is 0.784. The standard InChI is InChI=1S/C14H15N3O2S2/c15-14(20)13-3-1-2-12(8-13)10-21(18,19)17-9-11-4-6-16-7-5-11/h1-8,17H,9-10H2,(H2,15,20). The molecular weight excluding hydrogens is 306 g/mol. The second kappa shape index (κ2) is 6.75. The lowest BCUT2D eigenvalue weighted by molar-refractivity contribution is 0.580. The highest BCUT2D eigenvalue weighted by Crippen LogP contribution is 2.09. The van der Waals surface area contributed by atoms with Crippen molar-refractivity contribution in [2.24, 2.45) is 5.73 Å². The van der Waals surface area contributed by atoms with E-state index in [1.807, 2.05) is 0 Å². The Morgan fingerprint density at radius 1 is 1.19 bits per heavy atom. The molecule has 0 saturated heterocycles. The third-order valence-corrected chi connectivity index (χ3v) is 4.35. The zero-order chi connectivity index (χ0) is 15.3. The van der Waals surface area contributed by atoms with Gasteiger partial charge in [-0.15, -0.1) is 0 Å². The molecule has 0 bridgehead atoms. The lowest BCUT2D eigenvalue weighted by Gasteiger charge is -2.08. The molecule has 0 aliphatic rings. The van der Waals surface area contributed by atoms with Gasteiger partial charge >= 0.3 is 0 Å². The fourth-order valence-electron chi connectivity index (χ4n) is 1.78. The number of pyridine rings is 1. The molecule has 0 saturated carbocycles. The van der Waals surface area contributed by atoms with Crippen molar-refractivity contribution < 1.29 is 8.42 Å². The maximum absolute atomic E-state index is 12.1. The molecule has 0 amide bonds. The van der Waals surface area contributed by atoms with E-state index < -0.39 is 10.0 Å². The summed E-state index contributed by atoms with van der Waals surface area (Å²) in [5.41, 5.74) is 7.69. The van der Waals surface area contributed by atoms with Crippen LogP contribution in [0.15, 0.2) is 48.8 Å². The van der Waals surface area contributed by atoms with Gasteiger partial charge in [-0.3, -0.25) is 4.98 Å². The van der Waals surface area contributed by atoms with Crippen molar-refractivity contribution in [3.8, 4) is 0 Å². The molecule has 1 heterocycles. The van der Waals surface area contributed by atoms with Gasteiger partial charge < -0.3 is 5.73 Å². The van der Waals surface area contributed by atoms with Crippen LogP contribution in [0.3, 0.4) is 0 Å². The highest BCUT2D eigenvalue weighted by molar-refractivity contribution is 7.88. The number of benzene rings is 1. The summed E-state index contributed by atoms with van der Waals surface area (Å²) in [6, 6.07) is 10.4. The predicted molar refractivity (Wildman–Crippen MR) is 86.0 cm³/mol. The number of aromatic nitrogens is 1. The maximum Gasteiger partial charge on any atom is 0.216 e. The molecule has 0 fully saturated rings. The first-order chi connectivity index (χ1) is 9.96. The third kappa shape index (κ3) is 4.89. The van der Waals surface area contributed by atoms with Crippen molar-refractivity contribution in [3.63, 3.8) is 0 Å². The highest BCUT2D eigenvalue weighted by atomic mass is 32.2. The molecule has 0 spiro atoms. The summed E-state index contributed by atoms with van der Waals surface area (Å²) in [6.45, 7) is 0.236. The number of nitrogens with one attached hydrogen (secondary N) is 1. The third-order valence-electron chi connectivity index (χ3n) is 2.81. The van der Waals surface area contributed by atoms with Gasteiger partial charge in [0.2, 0.25) is 10.0 Å². The van der Waals surface area contributed by atoms with Gasteiger partial charge in [-0.05, 0) is 29.3 Å². The normalized spacial score (nSPS) is 11.2. The smallest absolute Gasteiger partial charge is 0.216 e. The molecule has 0 radical (unpaired) electrons. The molecule has 2 aromatic rings. The summed E-state index contributed by atoms with van der Waals surface area (Å²) in [6.07, 6.45) is 3.24. The minimum absolute atomic E-state index is 0.117. The van der Waals surface area contributed by atoms with Gasteiger partial charge in [-0.2, -0.15) is 0 Å². The Balaban J connectivity index is 2.04. The molecule has 1 aromatic heterocycles. The van der Waals surface area contributed by atoms with E-state index in [-0.39, 0.29) is 17.3 Å². The summed E-state index contributed by atoms with van der Waals surface area (Å²) in [5.74, 6) is -0.117. The largest absolute Gasteiger partial charge is 0.389 e. The molecule has 0 unspecified atom stereocenters. The Morgan fingerprint density at radius 3 is 2.57 bits per heavy atom. The SMILES string of the molecule is NC(=S)c1cccc(CS(=O)(=O)NCc2ccncc2)c1. The molecule has 1 aromatic carbocycles. The fraction of sp³-hybridized carbons (Fsp3) is 0.143. The van der Waals surface area contributed by atoms with Gasteiger partial charge in [0.05, 0.1) is 5.75 Å². The Kier molecular flexibility index (Phi) is 5.00. The van der Waals surface area contributed by atoms with E-state index in [2.05, 4.69) is 9.71 Å². The number of hydrogen-bond donors (Lipinski definition) is 2. The van der Waals surface area contributed by atoms with Gasteiger partial charge in [-0.25, -0.2) is 13.1 Å². The highest BCUT2D eigenvalue weighted by Gasteiger charge is 2.12. The van der Waals surface area contributed by atoms with Crippen LogP contribution in [0.4, 0.5) is 0 Å². The molecule has 2 rings (SSSR count). The van der Waals surface area contributed by atoms with Crippen molar-refractivity contribution in [3.05, 3.63) is 65.5 Å². The Bertz CT molecular complexity index is 731. The molecule has 0 aliphatic heterocycles. The van der Waals surface area contributed by atoms with Crippen LogP contribution in [0.25, 0.3) is 0 Å². The monoisotopic (exact) mass is 321 g/mol. The Labute approximate surface area is 129 Å². The number of hydrogen-bond acceptors (Lipinski definition) is 4. The second-order valence-electron chi connectivity index (χ2n) is 4.50. The Hall–Kier alpha value is -1.83. The molecule has 5 nitrogen and oxygen atoms in total. The number of sulfonamides is 1.